The molecular weight excluding hydrogens is 349 g/mol. The number of thiophene rings is 1. The second kappa shape index (κ2) is 6.54. The smallest absolute Gasteiger partial charge is 0.241 e. The highest BCUT2D eigenvalue weighted by atomic mass is 32.1. The molecule has 2 heterocycles. The van der Waals surface area contributed by atoms with Crippen LogP contribution in [0.4, 0.5) is 4.39 Å². The van der Waals surface area contributed by atoms with Gasteiger partial charge in [0.25, 0.3) is 0 Å². The predicted octanol–water partition coefficient (Wildman–Crippen LogP) is 5.47. The van der Waals surface area contributed by atoms with E-state index in [2.05, 4.69) is 9.97 Å². The average Bonchev–Trinajstić information content (AvgIpc) is 3.12. The van der Waals surface area contributed by atoms with Gasteiger partial charge in [-0.25, -0.2) is 9.37 Å². The Labute approximate surface area is 153 Å². The minimum Gasteiger partial charge on any atom is -0.434 e. The zero-order chi connectivity index (χ0) is 18.1. The topological polar surface area (TPSA) is 58.8 Å². The number of hydrogen-bond acceptors (Lipinski definition) is 5. The molecule has 0 aliphatic rings. The van der Waals surface area contributed by atoms with Gasteiger partial charge in [-0.2, -0.15) is 10.2 Å². The van der Waals surface area contributed by atoms with E-state index in [-0.39, 0.29) is 11.3 Å². The molecule has 4 rings (SSSR count). The number of aryl methyl sites for hydroxylation is 1. The van der Waals surface area contributed by atoms with Crippen molar-refractivity contribution in [1.29, 1.82) is 5.26 Å². The van der Waals surface area contributed by atoms with Crippen LogP contribution in [0.15, 0.2) is 53.9 Å². The molecule has 0 saturated carbocycles. The molecule has 126 valence electrons. The fourth-order valence-electron chi connectivity index (χ4n) is 2.58. The number of fused-ring (bicyclic) bond motifs is 1. The highest BCUT2D eigenvalue weighted by Crippen LogP contribution is 2.34. The molecule has 0 unspecified atom stereocenters. The normalized spacial score (nSPS) is 10.7. The average molecular weight is 361 g/mol. The van der Waals surface area contributed by atoms with Crippen LogP contribution in [0.5, 0.6) is 11.6 Å². The molecule has 0 N–H and O–H groups in total. The fraction of sp³-hybridized carbons (Fsp3) is 0.0500. The lowest BCUT2D eigenvalue weighted by Crippen LogP contribution is -1.96. The highest BCUT2D eigenvalue weighted by Gasteiger charge is 2.15. The number of benzene rings is 2. The Morgan fingerprint density at radius 3 is 2.77 bits per heavy atom. The van der Waals surface area contributed by atoms with Crippen molar-refractivity contribution in [2.45, 2.75) is 6.92 Å². The second-order valence-corrected chi connectivity index (χ2v) is 6.63. The molecule has 0 amide bonds. The van der Waals surface area contributed by atoms with Crippen molar-refractivity contribution in [3.05, 3.63) is 70.9 Å². The first-order valence-corrected chi connectivity index (χ1v) is 8.72. The molecule has 0 aliphatic heterocycles. The second-order valence-electron chi connectivity index (χ2n) is 5.72. The van der Waals surface area contributed by atoms with E-state index in [9.17, 15) is 4.39 Å². The summed E-state index contributed by atoms with van der Waals surface area (Å²) in [6.45, 7) is 2.00. The summed E-state index contributed by atoms with van der Waals surface area (Å²) in [6.07, 6.45) is 0. The summed E-state index contributed by atoms with van der Waals surface area (Å²) in [4.78, 5) is 9.09. The van der Waals surface area contributed by atoms with E-state index >= 15 is 0 Å². The molecule has 0 bridgehead atoms. The van der Waals surface area contributed by atoms with Gasteiger partial charge in [0.15, 0.2) is 17.4 Å². The van der Waals surface area contributed by atoms with Gasteiger partial charge in [-0.1, -0.05) is 23.8 Å². The zero-order valence-electron chi connectivity index (χ0n) is 13.7. The highest BCUT2D eigenvalue weighted by molar-refractivity contribution is 7.17. The first kappa shape index (κ1) is 16.2. The van der Waals surface area contributed by atoms with Crippen LogP contribution >= 0.6 is 11.3 Å². The number of nitriles is 1. The third-order valence-corrected chi connectivity index (χ3v) is 4.71. The van der Waals surface area contributed by atoms with Gasteiger partial charge in [0.2, 0.25) is 5.88 Å². The summed E-state index contributed by atoms with van der Waals surface area (Å²) in [5.41, 5.74) is 2.94. The van der Waals surface area contributed by atoms with E-state index in [0.717, 1.165) is 27.4 Å². The van der Waals surface area contributed by atoms with Crippen LogP contribution in [0.2, 0.25) is 0 Å². The Balaban J connectivity index is 1.82. The van der Waals surface area contributed by atoms with E-state index in [1.54, 1.807) is 0 Å². The molecule has 0 radical (unpaired) electrons. The van der Waals surface area contributed by atoms with Crippen molar-refractivity contribution in [3.8, 4) is 29.1 Å². The van der Waals surface area contributed by atoms with Crippen LogP contribution in [-0.4, -0.2) is 9.97 Å². The van der Waals surface area contributed by atoms with Crippen LogP contribution in [0.1, 0.15) is 11.1 Å². The van der Waals surface area contributed by atoms with Crippen LogP contribution in [0, 0.1) is 24.1 Å². The number of halogens is 1. The first-order chi connectivity index (χ1) is 12.6. The quantitative estimate of drug-likeness (QED) is 0.485. The van der Waals surface area contributed by atoms with Gasteiger partial charge >= 0.3 is 0 Å². The van der Waals surface area contributed by atoms with Crippen molar-refractivity contribution in [2.75, 3.05) is 0 Å². The number of hydrogen-bond donors (Lipinski definition) is 0. The zero-order valence-corrected chi connectivity index (χ0v) is 14.5. The maximum atomic E-state index is 14.2. The van der Waals surface area contributed by atoms with E-state index < -0.39 is 5.82 Å². The van der Waals surface area contributed by atoms with Gasteiger partial charge in [-0.05, 0) is 42.6 Å². The summed E-state index contributed by atoms with van der Waals surface area (Å²) in [6, 6.07) is 15.7. The van der Waals surface area contributed by atoms with Crippen LogP contribution in [-0.2, 0) is 0 Å². The molecule has 26 heavy (non-hydrogen) atoms. The van der Waals surface area contributed by atoms with Gasteiger partial charge in [0.1, 0.15) is 4.70 Å². The molecule has 0 atom stereocenters. The van der Waals surface area contributed by atoms with Crippen molar-refractivity contribution >= 4 is 21.6 Å². The molecule has 0 aliphatic carbocycles. The van der Waals surface area contributed by atoms with Crippen LogP contribution < -0.4 is 4.74 Å². The lowest BCUT2D eigenvalue weighted by Gasteiger charge is -2.09. The Bertz CT molecular complexity index is 1160. The van der Waals surface area contributed by atoms with E-state index in [4.69, 9.17) is 10.00 Å². The summed E-state index contributed by atoms with van der Waals surface area (Å²) in [5.74, 6) is 0.228. The summed E-state index contributed by atoms with van der Waals surface area (Å²) in [5, 5.41) is 10.8. The van der Waals surface area contributed by atoms with Crippen molar-refractivity contribution in [2.24, 2.45) is 0 Å². The Morgan fingerprint density at radius 1 is 1.12 bits per heavy atom. The van der Waals surface area contributed by atoms with E-state index in [0.29, 0.717) is 11.7 Å². The predicted molar refractivity (Wildman–Crippen MR) is 98.8 cm³/mol. The SMILES string of the molecule is Cc1cccc(-c2nc(Oc3ccc(C#N)cc3F)c3sccc3n2)c1. The van der Waals surface area contributed by atoms with Crippen molar-refractivity contribution in [1.82, 2.24) is 9.97 Å². The molecule has 0 saturated heterocycles. The molecule has 2 aromatic carbocycles. The molecule has 0 fully saturated rings. The summed E-state index contributed by atoms with van der Waals surface area (Å²) >= 11 is 1.43. The van der Waals surface area contributed by atoms with Crippen molar-refractivity contribution < 1.29 is 9.13 Å². The maximum Gasteiger partial charge on any atom is 0.241 e. The lowest BCUT2D eigenvalue weighted by molar-refractivity contribution is 0.432. The molecule has 4 nitrogen and oxygen atoms in total. The minimum absolute atomic E-state index is 0.0209. The summed E-state index contributed by atoms with van der Waals surface area (Å²) in [7, 11) is 0. The van der Waals surface area contributed by atoms with Gasteiger partial charge in [-0.3, -0.25) is 0 Å². The first-order valence-electron chi connectivity index (χ1n) is 7.84. The van der Waals surface area contributed by atoms with Crippen LogP contribution in [0.3, 0.4) is 0 Å². The van der Waals surface area contributed by atoms with E-state index in [1.807, 2.05) is 48.7 Å². The third kappa shape index (κ3) is 3.01. The van der Waals surface area contributed by atoms with Gasteiger partial charge < -0.3 is 4.74 Å². The standard InChI is InChI=1S/C20H12FN3OS/c1-12-3-2-4-14(9-12)19-23-16-7-8-26-18(16)20(24-19)25-17-6-5-13(11-22)10-15(17)21/h2-10H,1H3. The van der Waals surface area contributed by atoms with Gasteiger partial charge in [0, 0.05) is 5.56 Å². The number of nitrogens with zero attached hydrogens (tertiary/aromatic N) is 3. The number of aromatic nitrogens is 2. The lowest BCUT2D eigenvalue weighted by atomic mass is 10.1. The molecule has 4 aromatic rings. The minimum atomic E-state index is -0.607. The fourth-order valence-corrected chi connectivity index (χ4v) is 3.33. The van der Waals surface area contributed by atoms with Gasteiger partial charge in [0.05, 0.1) is 17.1 Å². The monoisotopic (exact) mass is 361 g/mol. The Morgan fingerprint density at radius 2 is 2.00 bits per heavy atom. The Kier molecular flexibility index (Phi) is 4.07. The summed E-state index contributed by atoms with van der Waals surface area (Å²) < 4.78 is 20.7. The number of ether oxygens (including phenoxy) is 1. The molecular formula is C20H12FN3OS. The Hall–Kier alpha value is -3.30. The number of rotatable bonds is 3. The molecule has 6 heteroatoms. The van der Waals surface area contributed by atoms with Crippen molar-refractivity contribution in [3.63, 3.8) is 0 Å². The largest absolute Gasteiger partial charge is 0.434 e. The van der Waals surface area contributed by atoms with Gasteiger partial charge in [-0.15, -0.1) is 11.3 Å². The van der Waals surface area contributed by atoms with E-state index in [1.165, 1.54) is 23.5 Å². The third-order valence-electron chi connectivity index (χ3n) is 3.82. The molecule has 2 aromatic heterocycles. The maximum absolute atomic E-state index is 14.2. The van der Waals surface area contributed by atoms with Crippen LogP contribution in [0.25, 0.3) is 21.6 Å². The molecule has 0 spiro atoms.